The van der Waals surface area contributed by atoms with E-state index in [0.29, 0.717) is 20.9 Å². The first-order valence-corrected chi connectivity index (χ1v) is 11.7. The first-order valence-electron chi connectivity index (χ1n) is 9.75. The van der Waals surface area contributed by atoms with Crippen molar-refractivity contribution < 1.29 is 31.6 Å². The van der Waals surface area contributed by atoms with Crippen LogP contribution < -0.4 is 14.9 Å². The number of benzene rings is 3. The van der Waals surface area contributed by atoms with Gasteiger partial charge in [0, 0.05) is 16.7 Å². The van der Waals surface area contributed by atoms with Crippen LogP contribution in [0.5, 0.6) is 0 Å². The van der Waals surface area contributed by atoms with E-state index >= 15 is 0 Å². The quantitative estimate of drug-likeness (QED) is 0.416. The Morgan fingerprint density at radius 1 is 0.800 bits per heavy atom. The maximum atomic E-state index is 14.3. The van der Waals surface area contributed by atoms with Gasteiger partial charge in [-0.3, -0.25) is 9.59 Å². The number of carbonyl (C=O) groups is 3. The molecule has 0 aliphatic carbocycles. The van der Waals surface area contributed by atoms with Crippen molar-refractivity contribution in [2.75, 3.05) is 9.80 Å². The maximum Gasteiger partial charge on any atom is 0.343 e. The second kappa shape index (κ2) is 9.02. The summed E-state index contributed by atoms with van der Waals surface area (Å²) in [5.41, 5.74) is -0.878. The van der Waals surface area contributed by atoms with E-state index in [4.69, 9.17) is 16.7 Å². The van der Waals surface area contributed by atoms with Crippen molar-refractivity contribution in [3.05, 3.63) is 94.5 Å². The first kappa shape index (κ1) is 24.2. The summed E-state index contributed by atoms with van der Waals surface area (Å²) in [7, 11) is -4.05. The van der Waals surface area contributed by atoms with Crippen LogP contribution in [0.1, 0.15) is 5.56 Å². The average molecular weight is 518 g/mol. The Bertz CT molecular complexity index is 1510. The van der Waals surface area contributed by atoms with Crippen molar-refractivity contribution in [2.45, 2.75) is 4.90 Å². The van der Waals surface area contributed by atoms with Crippen molar-refractivity contribution in [1.29, 1.82) is 0 Å². The molecule has 0 saturated carbocycles. The lowest BCUT2D eigenvalue weighted by atomic mass is 10.0. The zero-order valence-electron chi connectivity index (χ0n) is 17.5. The molecule has 0 atom stereocenters. The van der Waals surface area contributed by atoms with Crippen molar-refractivity contribution in [3.63, 3.8) is 0 Å². The van der Waals surface area contributed by atoms with Crippen LogP contribution in [0.15, 0.2) is 77.2 Å². The molecule has 1 fully saturated rings. The van der Waals surface area contributed by atoms with Crippen molar-refractivity contribution in [2.24, 2.45) is 5.14 Å². The minimum atomic E-state index is -4.05. The summed E-state index contributed by atoms with van der Waals surface area (Å²) >= 11 is 5.89. The number of hydrogen-bond acceptors (Lipinski definition) is 5. The molecule has 1 aliphatic heterocycles. The number of nitrogens with two attached hydrogens (primary N) is 1. The molecule has 1 saturated heterocycles. The molecule has 4 amide bonds. The molecule has 3 aromatic rings. The molecular weight excluding hydrogens is 504 g/mol. The fourth-order valence-corrected chi connectivity index (χ4v) is 3.98. The summed E-state index contributed by atoms with van der Waals surface area (Å²) in [5.74, 6) is -4.04. The van der Waals surface area contributed by atoms with Crippen LogP contribution in [0, 0.1) is 11.6 Å². The fraction of sp³-hybridized carbons (Fsp3) is 0. The molecule has 0 radical (unpaired) electrons. The molecule has 0 bridgehead atoms. The molecule has 1 aliphatic rings. The molecule has 8 nitrogen and oxygen atoms in total. The molecule has 4 rings (SSSR count). The zero-order valence-corrected chi connectivity index (χ0v) is 19.1. The summed E-state index contributed by atoms with van der Waals surface area (Å²) in [6.45, 7) is 0. The van der Waals surface area contributed by atoms with Crippen LogP contribution in [-0.2, 0) is 19.6 Å². The average Bonchev–Trinajstić information content (AvgIpc) is 2.79. The molecule has 0 unspecified atom stereocenters. The maximum absolute atomic E-state index is 14.3. The normalized spacial score (nSPS) is 15.8. The van der Waals surface area contributed by atoms with E-state index in [0.717, 1.165) is 42.5 Å². The Balaban J connectivity index is 1.87. The van der Waals surface area contributed by atoms with E-state index in [2.05, 4.69) is 0 Å². The molecule has 1 heterocycles. The third-order valence-electron chi connectivity index (χ3n) is 5.02. The number of halogens is 3. The largest absolute Gasteiger partial charge is 0.343 e. The number of urea groups is 1. The van der Waals surface area contributed by atoms with Crippen molar-refractivity contribution in [3.8, 4) is 0 Å². The predicted molar refractivity (Wildman–Crippen MR) is 124 cm³/mol. The van der Waals surface area contributed by atoms with Crippen molar-refractivity contribution in [1.82, 2.24) is 0 Å². The zero-order chi connectivity index (χ0) is 25.5. The van der Waals surface area contributed by atoms with Crippen LogP contribution in [-0.4, -0.2) is 26.3 Å². The highest BCUT2D eigenvalue weighted by Gasteiger charge is 2.43. The molecule has 178 valence electrons. The van der Waals surface area contributed by atoms with Gasteiger partial charge in [-0.15, -0.1) is 0 Å². The van der Waals surface area contributed by atoms with Crippen LogP contribution in [0.2, 0.25) is 5.02 Å². The highest BCUT2D eigenvalue weighted by molar-refractivity contribution is 7.89. The van der Waals surface area contributed by atoms with Gasteiger partial charge in [0.1, 0.15) is 17.2 Å². The number of primary sulfonamides is 1. The topological polar surface area (TPSA) is 118 Å². The van der Waals surface area contributed by atoms with E-state index in [9.17, 15) is 31.6 Å². The SMILES string of the molecule is NS(=O)(=O)c1ccc(N2C(=O)/C(=C\c3ccc(F)cc3F)C(=O)N(c3ccc(Cl)cc3)C2=O)cc1. The summed E-state index contributed by atoms with van der Waals surface area (Å²) in [6.07, 6.45) is 0.903. The van der Waals surface area contributed by atoms with Gasteiger partial charge < -0.3 is 0 Å². The summed E-state index contributed by atoms with van der Waals surface area (Å²) in [6, 6.07) is 11.5. The van der Waals surface area contributed by atoms with E-state index in [1.54, 1.807) is 0 Å². The number of carbonyl (C=O) groups excluding carboxylic acids is 3. The van der Waals surface area contributed by atoms with Gasteiger partial charge in [-0.1, -0.05) is 11.6 Å². The van der Waals surface area contributed by atoms with E-state index in [-0.39, 0.29) is 21.8 Å². The Kier molecular flexibility index (Phi) is 6.24. The van der Waals surface area contributed by atoms with E-state index < -0.39 is 45.1 Å². The Morgan fingerprint density at radius 3 is 1.80 bits per heavy atom. The predicted octanol–water partition coefficient (Wildman–Crippen LogP) is 3.85. The third-order valence-corrected chi connectivity index (χ3v) is 6.20. The number of hydrogen-bond donors (Lipinski definition) is 1. The highest BCUT2D eigenvalue weighted by Crippen LogP contribution is 2.31. The van der Waals surface area contributed by atoms with Crippen molar-refractivity contribution >= 4 is 56.9 Å². The van der Waals surface area contributed by atoms with Gasteiger partial charge in [0.15, 0.2) is 0 Å². The lowest BCUT2D eigenvalue weighted by Gasteiger charge is -2.34. The molecule has 3 aromatic carbocycles. The Labute approximate surface area is 202 Å². The Morgan fingerprint density at radius 2 is 1.31 bits per heavy atom. The van der Waals surface area contributed by atoms with Crippen LogP contribution in [0.25, 0.3) is 6.08 Å². The number of anilines is 2. The molecule has 0 spiro atoms. The first-order chi connectivity index (χ1) is 16.5. The van der Waals surface area contributed by atoms with Gasteiger partial charge in [-0.25, -0.2) is 36.9 Å². The summed E-state index contributed by atoms with van der Waals surface area (Å²) in [5, 5.41) is 5.41. The number of barbiturate groups is 1. The second-order valence-electron chi connectivity index (χ2n) is 7.30. The standard InChI is InChI=1S/C23H14ClF2N3O5S/c24-14-2-5-16(6-3-14)28-21(30)19(11-13-1-4-15(25)12-20(13)26)22(31)29(23(28)32)17-7-9-18(10-8-17)35(27,33)34/h1-12H,(H2,27,33,34)/b19-11-. The molecular formula is C23H14ClF2N3O5S. The smallest absolute Gasteiger partial charge is 0.268 e. The van der Waals surface area contributed by atoms with Gasteiger partial charge in [0.05, 0.1) is 16.3 Å². The third kappa shape index (κ3) is 4.69. The van der Waals surface area contributed by atoms with Gasteiger partial charge in [0.2, 0.25) is 10.0 Å². The van der Waals surface area contributed by atoms with Gasteiger partial charge in [-0.05, 0) is 66.7 Å². The molecule has 0 aromatic heterocycles. The van der Waals surface area contributed by atoms with E-state index in [1.807, 2.05) is 0 Å². The highest BCUT2D eigenvalue weighted by atomic mass is 35.5. The second-order valence-corrected chi connectivity index (χ2v) is 9.30. The number of nitrogens with zero attached hydrogens (tertiary/aromatic N) is 2. The Hall–Kier alpha value is -3.93. The minimum absolute atomic E-state index is 0.0635. The van der Waals surface area contributed by atoms with Gasteiger partial charge >= 0.3 is 6.03 Å². The lowest BCUT2D eigenvalue weighted by molar-refractivity contribution is -0.121. The monoisotopic (exact) mass is 517 g/mol. The van der Waals surface area contributed by atoms with Gasteiger partial charge in [0.25, 0.3) is 11.8 Å². The molecule has 12 heteroatoms. The minimum Gasteiger partial charge on any atom is -0.268 e. The number of sulfonamides is 1. The molecule has 35 heavy (non-hydrogen) atoms. The summed E-state index contributed by atoms with van der Waals surface area (Å²) in [4.78, 5) is 40.8. The number of imide groups is 2. The number of amides is 4. The van der Waals surface area contributed by atoms with Crippen LogP contribution in [0.4, 0.5) is 25.0 Å². The van der Waals surface area contributed by atoms with Gasteiger partial charge in [-0.2, -0.15) is 0 Å². The van der Waals surface area contributed by atoms with E-state index in [1.165, 1.54) is 24.3 Å². The number of rotatable bonds is 4. The van der Waals surface area contributed by atoms with Crippen LogP contribution in [0.3, 0.4) is 0 Å². The summed E-state index contributed by atoms with van der Waals surface area (Å²) < 4.78 is 50.7. The fourth-order valence-electron chi connectivity index (χ4n) is 3.33. The molecule has 2 N–H and O–H groups in total. The van der Waals surface area contributed by atoms with Crippen LogP contribution >= 0.6 is 11.6 Å². The lowest BCUT2D eigenvalue weighted by Crippen LogP contribution is -2.57.